The lowest BCUT2D eigenvalue weighted by atomic mass is 10.1. The average Bonchev–Trinajstić information content (AvgIpc) is 3.33. The van der Waals surface area contributed by atoms with Crippen LogP contribution in [0.1, 0.15) is 75.0 Å². The molecule has 0 unspecified atom stereocenters. The summed E-state index contributed by atoms with van der Waals surface area (Å²) in [5.41, 5.74) is 0. The van der Waals surface area contributed by atoms with E-state index in [4.69, 9.17) is 18.9 Å². The lowest BCUT2D eigenvalue weighted by Crippen LogP contribution is -2.16. The van der Waals surface area contributed by atoms with Crippen LogP contribution in [-0.4, -0.2) is 26.4 Å². The van der Waals surface area contributed by atoms with Crippen molar-refractivity contribution in [2.24, 2.45) is 0 Å². The number of ether oxygens (including phenoxy) is 4. The third-order valence-corrected chi connectivity index (χ3v) is 8.24. The Morgan fingerprint density at radius 2 is 0.933 bits per heavy atom. The van der Waals surface area contributed by atoms with Crippen LogP contribution in [0.15, 0.2) is 0 Å². The maximum Gasteiger partial charge on any atom is 0.181 e. The van der Waals surface area contributed by atoms with E-state index in [-0.39, 0.29) is 0 Å². The van der Waals surface area contributed by atoms with Crippen LogP contribution >= 0.6 is 22.7 Å². The summed E-state index contributed by atoms with van der Waals surface area (Å²) in [7, 11) is 0. The molecule has 0 aromatic carbocycles. The summed E-state index contributed by atoms with van der Waals surface area (Å²) in [4.78, 5) is 4.97. The molecule has 0 atom stereocenters. The summed E-state index contributed by atoms with van der Waals surface area (Å²) in [6.07, 6.45) is 12.2. The van der Waals surface area contributed by atoms with Gasteiger partial charge in [0.25, 0.3) is 0 Å². The summed E-state index contributed by atoms with van der Waals surface area (Å²) in [6, 6.07) is 0. The highest BCUT2D eigenvalue weighted by Gasteiger charge is 2.32. The number of fused-ring (bicyclic) bond motifs is 2. The Kier molecular flexibility index (Phi) is 7.83. The lowest BCUT2D eigenvalue weighted by Gasteiger charge is -2.19. The molecule has 0 radical (unpaired) electrons. The molecule has 0 N–H and O–H groups in total. The molecule has 2 aliphatic rings. The van der Waals surface area contributed by atoms with Gasteiger partial charge in [-0.25, -0.2) is 0 Å². The van der Waals surface area contributed by atoms with Gasteiger partial charge in [0.15, 0.2) is 23.0 Å². The van der Waals surface area contributed by atoms with Crippen LogP contribution in [0.5, 0.6) is 23.0 Å². The van der Waals surface area contributed by atoms with Gasteiger partial charge in [-0.2, -0.15) is 0 Å². The van der Waals surface area contributed by atoms with Gasteiger partial charge in [0, 0.05) is 0 Å². The third-order valence-electron chi connectivity index (χ3n) is 5.66. The van der Waals surface area contributed by atoms with Crippen LogP contribution in [-0.2, 0) is 12.8 Å². The van der Waals surface area contributed by atoms with Gasteiger partial charge >= 0.3 is 0 Å². The quantitative estimate of drug-likeness (QED) is 0.337. The van der Waals surface area contributed by atoms with E-state index in [1.54, 1.807) is 0 Å². The molecule has 0 fully saturated rings. The fourth-order valence-electron chi connectivity index (χ4n) is 4.07. The average molecular weight is 451 g/mol. The summed E-state index contributed by atoms with van der Waals surface area (Å²) in [5.74, 6) is 3.79. The van der Waals surface area contributed by atoms with Crippen molar-refractivity contribution in [2.75, 3.05) is 26.4 Å². The van der Waals surface area contributed by atoms with Gasteiger partial charge in [0.2, 0.25) is 0 Å². The summed E-state index contributed by atoms with van der Waals surface area (Å²) in [6.45, 7) is 7.00. The van der Waals surface area contributed by atoms with Crippen LogP contribution < -0.4 is 18.9 Å². The van der Waals surface area contributed by atoms with Crippen molar-refractivity contribution < 1.29 is 18.9 Å². The minimum absolute atomic E-state index is 0.612. The van der Waals surface area contributed by atoms with E-state index in [0.29, 0.717) is 26.4 Å². The molecule has 2 aromatic heterocycles. The zero-order valence-electron chi connectivity index (χ0n) is 18.3. The smallest absolute Gasteiger partial charge is 0.181 e. The first-order valence-electron chi connectivity index (χ1n) is 11.7. The Morgan fingerprint density at radius 1 is 0.533 bits per heavy atom. The molecule has 0 bridgehead atoms. The molecular formula is C24H34O4S2. The molecule has 0 saturated carbocycles. The minimum atomic E-state index is 0.612. The highest BCUT2D eigenvalue weighted by atomic mass is 32.1. The van der Waals surface area contributed by atoms with E-state index < -0.39 is 0 Å². The largest absolute Gasteiger partial charge is 0.485 e. The fourth-order valence-corrected chi connectivity index (χ4v) is 6.66. The first-order chi connectivity index (χ1) is 14.8. The molecule has 0 saturated heterocycles. The number of hydrogen-bond donors (Lipinski definition) is 0. The molecule has 4 heterocycles. The molecule has 166 valence electrons. The first-order valence-corrected chi connectivity index (χ1v) is 13.3. The van der Waals surface area contributed by atoms with E-state index in [1.807, 2.05) is 22.7 Å². The Morgan fingerprint density at radius 3 is 1.33 bits per heavy atom. The second-order valence-electron chi connectivity index (χ2n) is 8.04. The van der Waals surface area contributed by atoms with Crippen molar-refractivity contribution >= 4 is 22.7 Å². The van der Waals surface area contributed by atoms with Crippen molar-refractivity contribution in [1.82, 2.24) is 0 Å². The Hall–Kier alpha value is -1.40. The number of rotatable bonds is 11. The molecule has 0 amide bonds. The second kappa shape index (κ2) is 10.8. The summed E-state index contributed by atoms with van der Waals surface area (Å²) < 4.78 is 24.4. The number of hydrogen-bond acceptors (Lipinski definition) is 6. The van der Waals surface area contributed by atoms with Crippen molar-refractivity contribution in [2.45, 2.75) is 78.1 Å². The minimum Gasteiger partial charge on any atom is -0.485 e. The molecular weight excluding hydrogens is 416 g/mol. The predicted molar refractivity (Wildman–Crippen MR) is 125 cm³/mol. The van der Waals surface area contributed by atoms with Gasteiger partial charge < -0.3 is 18.9 Å². The summed E-state index contributed by atoms with van der Waals surface area (Å²) >= 11 is 3.66. The van der Waals surface area contributed by atoms with E-state index >= 15 is 0 Å². The molecule has 4 nitrogen and oxygen atoms in total. The normalized spacial score (nSPS) is 14.9. The Bertz CT molecular complexity index is 756. The maximum atomic E-state index is 6.13. The molecule has 2 aromatic rings. The second-order valence-corrected chi connectivity index (χ2v) is 10.3. The van der Waals surface area contributed by atoms with Crippen LogP contribution in [0.3, 0.4) is 0 Å². The maximum absolute atomic E-state index is 6.13. The third kappa shape index (κ3) is 4.75. The zero-order chi connectivity index (χ0) is 20.8. The van der Waals surface area contributed by atoms with Gasteiger partial charge in [-0.1, -0.05) is 52.4 Å². The van der Waals surface area contributed by atoms with Crippen LogP contribution in [0.2, 0.25) is 0 Å². The first kappa shape index (κ1) is 21.8. The van der Waals surface area contributed by atoms with Crippen LogP contribution in [0, 0.1) is 0 Å². The van der Waals surface area contributed by atoms with Crippen molar-refractivity contribution in [3.05, 3.63) is 9.75 Å². The molecule has 2 aliphatic heterocycles. The van der Waals surface area contributed by atoms with Crippen LogP contribution in [0.4, 0.5) is 0 Å². The van der Waals surface area contributed by atoms with Crippen molar-refractivity contribution in [3.8, 4) is 32.8 Å². The van der Waals surface area contributed by atoms with Gasteiger partial charge in [0.05, 0.1) is 19.5 Å². The standard InChI is InChI=1S/C24H34O4S2/c1-3-5-7-9-11-17-19-21(27-15-13-25-19)23(29-17)24-22-20(26-14-16-28-22)18(30-24)12-10-8-6-4-2/h3-16H2,1-2H3. The SMILES string of the molecule is CCCCCCc1sc(-c2sc(CCCCCC)c3c2OCCO3)c2c1OCCO2. The molecule has 0 spiro atoms. The summed E-state index contributed by atoms with van der Waals surface area (Å²) in [5, 5.41) is 0. The lowest BCUT2D eigenvalue weighted by molar-refractivity contribution is 0.170. The van der Waals surface area contributed by atoms with Gasteiger partial charge in [-0.3, -0.25) is 0 Å². The van der Waals surface area contributed by atoms with Crippen LogP contribution in [0.25, 0.3) is 9.75 Å². The zero-order valence-corrected chi connectivity index (χ0v) is 20.0. The topological polar surface area (TPSA) is 36.9 Å². The molecule has 30 heavy (non-hydrogen) atoms. The van der Waals surface area contributed by atoms with Crippen molar-refractivity contribution in [3.63, 3.8) is 0 Å². The molecule has 0 aliphatic carbocycles. The van der Waals surface area contributed by atoms with Gasteiger partial charge in [0.1, 0.15) is 26.4 Å². The highest BCUT2D eigenvalue weighted by molar-refractivity contribution is 7.23. The number of aryl methyl sites for hydroxylation is 2. The Labute approximate surface area is 188 Å². The van der Waals surface area contributed by atoms with Gasteiger partial charge in [-0.15, -0.1) is 22.7 Å². The Balaban J connectivity index is 1.62. The molecule has 4 rings (SSSR count). The van der Waals surface area contributed by atoms with E-state index in [1.165, 1.54) is 70.9 Å². The van der Waals surface area contributed by atoms with E-state index in [0.717, 1.165) is 35.8 Å². The highest BCUT2D eigenvalue weighted by Crippen LogP contribution is 2.57. The number of thiophene rings is 2. The molecule has 6 heteroatoms. The van der Waals surface area contributed by atoms with Crippen molar-refractivity contribution in [1.29, 1.82) is 0 Å². The predicted octanol–water partition coefficient (Wildman–Crippen LogP) is 7.26. The monoisotopic (exact) mass is 450 g/mol. The van der Waals surface area contributed by atoms with Gasteiger partial charge in [-0.05, 0) is 25.7 Å². The number of unbranched alkanes of at least 4 members (excludes halogenated alkanes) is 6. The fraction of sp³-hybridized carbons (Fsp3) is 0.667. The van der Waals surface area contributed by atoms with E-state index in [9.17, 15) is 0 Å². The van der Waals surface area contributed by atoms with E-state index in [2.05, 4.69) is 13.8 Å².